The Morgan fingerprint density at radius 1 is 0.789 bits per heavy atom. The van der Waals surface area contributed by atoms with Crippen LogP contribution in [0.4, 0.5) is 11.4 Å². The Morgan fingerprint density at radius 2 is 1.16 bits per heavy atom. The monoisotopic (exact) mass is 252 g/mol. The fourth-order valence-corrected chi connectivity index (χ4v) is 1.73. The number of pyridine rings is 2. The Kier molecular flexibility index (Phi) is 4.50. The Bertz CT molecular complexity index is 520. The van der Waals surface area contributed by atoms with Crippen molar-refractivity contribution >= 4 is 22.8 Å². The van der Waals surface area contributed by atoms with E-state index in [0.717, 1.165) is 29.2 Å². The minimum atomic E-state index is 0.755. The highest BCUT2D eigenvalue weighted by Gasteiger charge is 1.97. The molecule has 2 aromatic heterocycles. The summed E-state index contributed by atoms with van der Waals surface area (Å²) >= 11 is 0. The van der Waals surface area contributed by atoms with Crippen LogP contribution in [0, 0.1) is 0 Å². The lowest BCUT2D eigenvalue weighted by Gasteiger charge is -2.01. The van der Waals surface area contributed by atoms with Gasteiger partial charge in [0, 0.05) is 42.6 Å². The van der Waals surface area contributed by atoms with E-state index < -0.39 is 0 Å². The van der Waals surface area contributed by atoms with E-state index in [0.29, 0.717) is 0 Å². The molecule has 0 N–H and O–H groups in total. The molecule has 0 saturated heterocycles. The molecule has 0 saturated carbocycles. The fourth-order valence-electron chi connectivity index (χ4n) is 1.73. The highest BCUT2D eigenvalue weighted by Crippen LogP contribution is 2.12. The number of rotatable bonds is 4. The number of nitrogens with zero attached hydrogens (tertiary/aromatic N) is 4. The van der Waals surface area contributed by atoms with Crippen LogP contribution in [0.2, 0.25) is 0 Å². The second-order valence-corrected chi connectivity index (χ2v) is 4.28. The van der Waals surface area contributed by atoms with Gasteiger partial charge in [0.05, 0.1) is 11.4 Å². The third-order valence-corrected chi connectivity index (χ3v) is 2.48. The average Bonchev–Trinajstić information content (AvgIpc) is 2.40. The lowest BCUT2D eigenvalue weighted by atomic mass is 10.2. The van der Waals surface area contributed by atoms with Crippen LogP contribution in [0.15, 0.2) is 59.0 Å². The number of hydrogen-bond donors (Lipinski definition) is 0. The van der Waals surface area contributed by atoms with Crippen molar-refractivity contribution < 1.29 is 0 Å². The summed E-state index contributed by atoms with van der Waals surface area (Å²) < 4.78 is 0. The first-order valence-corrected chi connectivity index (χ1v) is 6.12. The van der Waals surface area contributed by atoms with E-state index >= 15 is 0 Å². The van der Waals surface area contributed by atoms with Gasteiger partial charge in [0.15, 0.2) is 0 Å². The molecule has 2 rings (SSSR count). The number of aromatic nitrogens is 2. The van der Waals surface area contributed by atoms with Crippen molar-refractivity contribution in [3.05, 3.63) is 49.1 Å². The van der Waals surface area contributed by atoms with Crippen LogP contribution in [0.25, 0.3) is 0 Å². The molecule has 0 aliphatic rings. The first-order valence-electron chi connectivity index (χ1n) is 6.12. The van der Waals surface area contributed by atoms with Crippen molar-refractivity contribution in [1.29, 1.82) is 0 Å². The summed E-state index contributed by atoms with van der Waals surface area (Å²) in [5.74, 6) is 0. The Hall–Kier alpha value is -2.36. The zero-order valence-corrected chi connectivity index (χ0v) is 11.1. The van der Waals surface area contributed by atoms with Crippen molar-refractivity contribution in [3.63, 3.8) is 0 Å². The highest BCUT2D eigenvalue weighted by atomic mass is 14.8. The summed E-state index contributed by atoms with van der Waals surface area (Å²) in [4.78, 5) is 17.0. The quantitative estimate of drug-likeness (QED) is 0.778. The van der Waals surface area contributed by atoms with Crippen LogP contribution in [0.5, 0.6) is 0 Å². The van der Waals surface area contributed by atoms with Gasteiger partial charge >= 0.3 is 0 Å². The number of hydrogen-bond acceptors (Lipinski definition) is 4. The second-order valence-electron chi connectivity index (χ2n) is 4.28. The van der Waals surface area contributed by atoms with Crippen LogP contribution < -0.4 is 0 Å². The summed E-state index contributed by atoms with van der Waals surface area (Å²) in [6.45, 7) is 4.01. The normalized spacial score (nSPS) is 12.5. The SMILES string of the molecule is C/C(C/C(C)=N/c1ccncc1)=N/c1ccncc1. The van der Waals surface area contributed by atoms with Crippen LogP contribution >= 0.6 is 0 Å². The van der Waals surface area contributed by atoms with Crippen LogP contribution in [0.3, 0.4) is 0 Å². The van der Waals surface area contributed by atoms with Gasteiger partial charge in [-0.15, -0.1) is 0 Å². The lowest BCUT2D eigenvalue weighted by molar-refractivity contribution is 1.29. The third-order valence-electron chi connectivity index (χ3n) is 2.48. The Balaban J connectivity index is 2.05. The Labute approximate surface area is 113 Å². The molecule has 0 aromatic carbocycles. The van der Waals surface area contributed by atoms with Crippen LogP contribution in [0.1, 0.15) is 20.3 Å². The molecule has 0 spiro atoms. The molecular formula is C15H16N4. The molecule has 0 radical (unpaired) electrons. The van der Waals surface area contributed by atoms with Crippen LogP contribution in [-0.2, 0) is 0 Å². The lowest BCUT2D eigenvalue weighted by Crippen LogP contribution is -2.00. The van der Waals surface area contributed by atoms with Gasteiger partial charge in [-0.05, 0) is 38.1 Å². The Morgan fingerprint density at radius 3 is 1.53 bits per heavy atom. The first-order chi connectivity index (χ1) is 9.24. The van der Waals surface area contributed by atoms with E-state index in [1.54, 1.807) is 24.8 Å². The van der Waals surface area contributed by atoms with E-state index in [4.69, 9.17) is 0 Å². The predicted molar refractivity (Wildman–Crippen MR) is 78.6 cm³/mol. The summed E-state index contributed by atoms with van der Waals surface area (Å²) in [6.07, 6.45) is 7.72. The van der Waals surface area contributed by atoms with Gasteiger partial charge in [0.2, 0.25) is 0 Å². The molecular weight excluding hydrogens is 236 g/mol. The molecule has 0 bridgehead atoms. The van der Waals surface area contributed by atoms with E-state index in [-0.39, 0.29) is 0 Å². The third kappa shape index (κ3) is 4.43. The van der Waals surface area contributed by atoms with Crippen molar-refractivity contribution in [2.75, 3.05) is 0 Å². The minimum absolute atomic E-state index is 0.755. The van der Waals surface area contributed by atoms with Gasteiger partial charge in [-0.3, -0.25) is 20.0 Å². The van der Waals surface area contributed by atoms with E-state index in [9.17, 15) is 0 Å². The molecule has 4 nitrogen and oxygen atoms in total. The van der Waals surface area contributed by atoms with Crippen LogP contribution in [-0.4, -0.2) is 21.4 Å². The standard InChI is InChI=1S/C15H16N4/c1-12(18-14-3-7-16-8-4-14)11-13(2)19-15-5-9-17-10-6-15/h3-10H,11H2,1-2H3/b18-12-,19-13+. The zero-order chi connectivity index (χ0) is 13.5. The average molecular weight is 252 g/mol. The number of aliphatic imine (C=N–C) groups is 2. The van der Waals surface area contributed by atoms with E-state index in [2.05, 4.69) is 20.0 Å². The fraction of sp³-hybridized carbons (Fsp3) is 0.200. The molecule has 0 aliphatic carbocycles. The van der Waals surface area contributed by atoms with Gasteiger partial charge in [0.1, 0.15) is 0 Å². The zero-order valence-electron chi connectivity index (χ0n) is 11.1. The summed E-state index contributed by atoms with van der Waals surface area (Å²) in [7, 11) is 0. The maximum atomic E-state index is 4.52. The molecule has 0 amide bonds. The van der Waals surface area contributed by atoms with Crippen molar-refractivity contribution in [2.45, 2.75) is 20.3 Å². The van der Waals surface area contributed by atoms with Gasteiger partial charge in [0.25, 0.3) is 0 Å². The summed E-state index contributed by atoms with van der Waals surface area (Å²) in [6, 6.07) is 7.55. The van der Waals surface area contributed by atoms with Crippen molar-refractivity contribution in [3.8, 4) is 0 Å². The van der Waals surface area contributed by atoms with Gasteiger partial charge in [-0.1, -0.05) is 0 Å². The highest BCUT2D eigenvalue weighted by molar-refractivity contribution is 6.03. The largest absolute Gasteiger partial charge is 0.265 e. The topological polar surface area (TPSA) is 50.5 Å². The molecule has 96 valence electrons. The first kappa shape index (κ1) is 13.1. The molecule has 4 heteroatoms. The predicted octanol–water partition coefficient (Wildman–Crippen LogP) is 3.75. The molecule has 0 fully saturated rings. The van der Waals surface area contributed by atoms with Gasteiger partial charge in [-0.25, -0.2) is 0 Å². The second kappa shape index (κ2) is 6.54. The molecule has 0 unspecified atom stereocenters. The van der Waals surface area contributed by atoms with Gasteiger partial charge in [-0.2, -0.15) is 0 Å². The van der Waals surface area contributed by atoms with E-state index in [1.807, 2.05) is 38.1 Å². The van der Waals surface area contributed by atoms with E-state index in [1.165, 1.54) is 0 Å². The molecule has 0 atom stereocenters. The maximum absolute atomic E-state index is 4.52. The minimum Gasteiger partial charge on any atom is -0.265 e. The smallest absolute Gasteiger partial charge is 0.0659 e. The molecule has 2 aromatic rings. The molecule has 19 heavy (non-hydrogen) atoms. The van der Waals surface area contributed by atoms with Crippen molar-refractivity contribution in [1.82, 2.24) is 9.97 Å². The van der Waals surface area contributed by atoms with Gasteiger partial charge < -0.3 is 0 Å². The molecule has 0 aliphatic heterocycles. The maximum Gasteiger partial charge on any atom is 0.0659 e. The summed E-state index contributed by atoms with van der Waals surface area (Å²) in [5.41, 5.74) is 3.90. The van der Waals surface area contributed by atoms with Crippen molar-refractivity contribution in [2.24, 2.45) is 9.98 Å². The summed E-state index contributed by atoms with van der Waals surface area (Å²) in [5, 5.41) is 0. The molecule has 2 heterocycles.